The molecular weight excluding hydrogens is 612 g/mol. The van der Waals surface area contributed by atoms with Gasteiger partial charge in [0.1, 0.15) is 48.8 Å². The van der Waals surface area contributed by atoms with E-state index < -0.39 is 83.4 Å². The number of hydrogen-bond acceptors (Lipinski definition) is 16. The molecule has 43 heavy (non-hydrogen) atoms. The van der Waals surface area contributed by atoms with Gasteiger partial charge in [-0.05, 0) is 0 Å². The number of aliphatic hydroxyl groups is 10. The van der Waals surface area contributed by atoms with Gasteiger partial charge in [0, 0.05) is 48.7 Å². The molecule has 0 saturated heterocycles. The molecule has 2 amide bonds. The molecule has 1 aliphatic carbocycles. The van der Waals surface area contributed by atoms with Crippen LogP contribution in [0.4, 0.5) is 0 Å². The van der Waals surface area contributed by atoms with Gasteiger partial charge in [-0.2, -0.15) is 0 Å². The molecule has 1 aliphatic rings. The van der Waals surface area contributed by atoms with Crippen LogP contribution in [0.25, 0.3) is 0 Å². The van der Waals surface area contributed by atoms with Crippen molar-refractivity contribution in [3.05, 3.63) is 0 Å². The maximum absolute atomic E-state index is 11.2. The summed E-state index contributed by atoms with van der Waals surface area (Å²) >= 11 is 0. The number of carboxylic acids is 2. The topological polar surface area (TPSA) is 341 Å². The van der Waals surface area contributed by atoms with Crippen LogP contribution in [-0.2, 0) is 19.2 Å². The Morgan fingerprint density at radius 2 is 0.814 bits per heavy atom. The van der Waals surface area contributed by atoms with E-state index in [1.54, 1.807) is 0 Å². The summed E-state index contributed by atoms with van der Waals surface area (Å²) in [6, 6.07) is 0. The van der Waals surface area contributed by atoms with Gasteiger partial charge in [0.15, 0.2) is 0 Å². The summed E-state index contributed by atoms with van der Waals surface area (Å²) in [5.41, 5.74) is -1.91. The first-order chi connectivity index (χ1) is 19.1. The summed E-state index contributed by atoms with van der Waals surface area (Å²) in [5.74, 6) is -3.94. The second-order valence-electron chi connectivity index (χ2n) is 10.9. The van der Waals surface area contributed by atoms with Crippen molar-refractivity contribution in [2.75, 3.05) is 26.3 Å². The van der Waals surface area contributed by atoms with Crippen LogP contribution < -0.4 is 20.8 Å². The Balaban J connectivity index is -0.000000555. The van der Waals surface area contributed by atoms with E-state index in [2.05, 4.69) is 10.6 Å². The van der Waals surface area contributed by atoms with E-state index in [1.165, 1.54) is 27.7 Å². The first kappa shape index (κ1) is 46.2. The summed E-state index contributed by atoms with van der Waals surface area (Å²) in [7, 11) is 0. The Bertz CT molecular complexity index is 753. The van der Waals surface area contributed by atoms with Crippen LogP contribution in [0.1, 0.15) is 40.5 Å². The third-order valence-corrected chi connectivity index (χ3v) is 6.15. The summed E-state index contributed by atoms with van der Waals surface area (Å²) in [6.07, 6.45) is -13.2. The monoisotopic (exact) mass is 656 g/mol. The van der Waals surface area contributed by atoms with Gasteiger partial charge in [-0.3, -0.25) is 9.59 Å². The minimum absolute atomic E-state index is 0. The Morgan fingerprint density at radius 1 is 0.605 bits per heavy atom. The van der Waals surface area contributed by atoms with E-state index in [9.17, 15) is 39.6 Å². The molecule has 0 bridgehead atoms. The van der Waals surface area contributed by atoms with Crippen LogP contribution in [0, 0.1) is 10.8 Å². The number of hydrogen-bond donors (Lipinski definition) is 12. The van der Waals surface area contributed by atoms with Crippen molar-refractivity contribution < 1.29 is 80.5 Å². The number of carboxylic acid groups (broad SMARTS) is 2. The van der Waals surface area contributed by atoms with Crippen molar-refractivity contribution in [2.24, 2.45) is 10.8 Å². The van der Waals surface area contributed by atoms with E-state index in [1.807, 2.05) is 0 Å². The number of aliphatic hydroxyl groups excluding tert-OH is 10. The van der Waals surface area contributed by atoms with Gasteiger partial charge in [0.2, 0.25) is 11.8 Å². The van der Waals surface area contributed by atoms with Crippen LogP contribution in [0.15, 0.2) is 0 Å². The Morgan fingerprint density at radius 3 is 0.977 bits per heavy atom. The van der Waals surface area contributed by atoms with E-state index >= 15 is 0 Å². The largest absolute Gasteiger partial charge is 2.00 e. The summed E-state index contributed by atoms with van der Waals surface area (Å²) in [4.78, 5) is 42.6. The molecule has 18 nitrogen and oxygen atoms in total. The van der Waals surface area contributed by atoms with Gasteiger partial charge in [-0.15, -0.1) is 0 Å². The Labute approximate surface area is 278 Å². The van der Waals surface area contributed by atoms with E-state index in [-0.39, 0.29) is 76.9 Å². The number of carbonyl (C=O) groups excluding carboxylic acids is 4. The molecule has 1 rings (SSSR count). The average molecular weight is 657 g/mol. The zero-order chi connectivity index (χ0) is 33.6. The third-order valence-electron chi connectivity index (χ3n) is 6.15. The third kappa shape index (κ3) is 16.6. The van der Waals surface area contributed by atoms with Gasteiger partial charge < -0.3 is 81.5 Å². The number of rotatable bonds is 12. The predicted molar refractivity (Wildman–Crippen MR) is 141 cm³/mol. The molecule has 0 aliphatic heterocycles. The minimum atomic E-state index is -1.64. The summed E-state index contributed by atoms with van der Waals surface area (Å²) < 4.78 is 0. The molecule has 0 aromatic heterocycles. The summed E-state index contributed by atoms with van der Waals surface area (Å²) in [6.45, 7) is 5.21. The molecule has 0 radical (unpaired) electrons. The molecule has 19 heteroatoms. The average Bonchev–Trinajstić information content (AvgIpc) is 2.93. The maximum atomic E-state index is 11.2. The molecule has 0 aromatic carbocycles. The van der Waals surface area contributed by atoms with Crippen molar-refractivity contribution >= 4 is 61.5 Å². The van der Waals surface area contributed by atoms with Crippen molar-refractivity contribution in [1.82, 2.24) is 10.6 Å². The summed E-state index contributed by atoms with van der Waals surface area (Å²) in [5, 5.41) is 115. The van der Waals surface area contributed by atoms with Crippen LogP contribution in [0.2, 0.25) is 0 Å². The Hall–Kier alpha value is -1.26. The number of amides is 2. The molecule has 0 spiro atoms. The molecule has 2 atom stereocenters. The van der Waals surface area contributed by atoms with E-state index in [4.69, 9.17) is 40.9 Å². The van der Waals surface area contributed by atoms with Crippen LogP contribution in [0.3, 0.4) is 0 Å². The Kier molecular flexibility index (Phi) is 23.0. The molecular formula is C24H44CaN2O16. The van der Waals surface area contributed by atoms with Gasteiger partial charge in [-0.25, -0.2) is 0 Å². The smallest absolute Gasteiger partial charge is 0.550 e. The number of nitrogens with one attached hydrogen (secondary N) is 2. The maximum Gasteiger partial charge on any atom is 2.00 e. The molecule has 1 saturated carbocycles. The van der Waals surface area contributed by atoms with Crippen molar-refractivity contribution in [2.45, 2.75) is 89.4 Å². The second-order valence-corrected chi connectivity index (χ2v) is 10.9. The molecule has 12 N–H and O–H groups in total. The predicted octanol–water partition coefficient (Wildman–Crippen LogP) is -8.97. The van der Waals surface area contributed by atoms with Crippen LogP contribution in [-0.4, -0.2) is 188 Å². The quantitative estimate of drug-likeness (QED) is 0.0867. The fourth-order valence-electron chi connectivity index (χ4n) is 2.86. The van der Waals surface area contributed by atoms with Crippen molar-refractivity contribution in [3.63, 3.8) is 0 Å². The zero-order valence-corrected chi connectivity index (χ0v) is 26.7. The standard InChI is InChI=1S/2C9H17NO5.C6H12O6.Ca/c2*1-9(2,5-11)7(14)8(15)10-4-3-6(12)13;7-1-2(8)4(10)6(12)5(11)3(1)9;/h2*7,11,14H,3-5H2,1-2H3,(H,10,15)(H,12,13);1-12H;/q;;;+2/p-2/t2*7-;1-,2-,3-,4+,5-,6-;/m00../s1. The van der Waals surface area contributed by atoms with Gasteiger partial charge in [0.05, 0.1) is 13.2 Å². The second kappa shape index (κ2) is 21.5. The van der Waals surface area contributed by atoms with E-state index in [0.29, 0.717) is 0 Å². The molecule has 248 valence electrons. The zero-order valence-electron chi connectivity index (χ0n) is 24.5. The fourth-order valence-corrected chi connectivity index (χ4v) is 2.86. The first-order valence-corrected chi connectivity index (χ1v) is 12.7. The van der Waals surface area contributed by atoms with Crippen molar-refractivity contribution in [1.29, 1.82) is 0 Å². The fraction of sp³-hybridized carbons (Fsp3) is 0.833. The molecule has 0 heterocycles. The SMILES string of the molecule is CC(C)(CO)[C@@H](O)C(=O)NCCC(=O)[O-].CC(C)(CO)[C@@H](O)C(=O)NCCC(=O)[O-].O[C@H]1[C@H](O)[C@@H](O)[C@H](O)[C@@H](O)[C@H]1O.[Ca+2]. The number of carbonyl (C=O) groups is 4. The molecule has 0 unspecified atom stereocenters. The van der Waals surface area contributed by atoms with Crippen molar-refractivity contribution in [3.8, 4) is 0 Å². The van der Waals surface area contributed by atoms with Gasteiger partial charge in [0.25, 0.3) is 0 Å². The first-order valence-electron chi connectivity index (χ1n) is 12.7. The van der Waals surface area contributed by atoms with Gasteiger partial charge in [-0.1, -0.05) is 27.7 Å². The normalized spacial score (nSPS) is 24.8. The van der Waals surface area contributed by atoms with Crippen LogP contribution in [0.5, 0.6) is 0 Å². The van der Waals surface area contributed by atoms with Crippen LogP contribution >= 0.6 is 0 Å². The van der Waals surface area contributed by atoms with Gasteiger partial charge >= 0.3 is 37.7 Å². The molecule has 1 fully saturated rings. The minimum Gasteiger partial charge on any atom is -0.550 e. The van der Waals surface area contributed by atoms with E-state index in [0.717, 1.165) is 0 Å². The number of aliphatic carboxylic acids is 2. The molecule has 0 aromatic rings.